The van der Waals surface area contributed by atoms with E-state index in [1.807, 2.05) is 0 Å². The molecule has 1 heterocycles. The molecule has 0 aliphatic heterocycles. The molecular weight excluding hydrogens is 261 g/mol. The molecule has 4 nitrogen and oxygen atoms in total. The zero-order valence-electron chi connectivity index (χ0n) is 9.11. The van der Waals surface area contributed by atoms with Crippen molar-refractivity contribution in [2.75, 3.05) is 5.32 Å². The summed E-state index contributed by atoms with van der Waals surface area (Å²) in [6, 6.07) is 5.33. The average Bonchev–Trinajstić information content (AvgIpc) is 2.79. The summed E-state index contributed by atoms with van der Waals surface area (Å²) < 4.78 is 18.0. The van der Waals surface area contributed by atoms with Gasteiger partial charge in [-0.15, -0.1) is 0 Å². The zero-order valence-corrected chi connectivity index (χ0v) is 9.87. The minimum atomic E-state index is -1.06. The highest BCUT2D eigenvalue weighted by Crippen LogP contribution is 2.23. The molecule has 2 aromatic rings. The van der Waals surface area contributed by atoms with Crippen LogP contribution in [0.5, 0.6) is 0 Å². The van der Waals surface area contributed by atoms with Gasteiger partial charge in [-0.3, -0.25) is 0 Å². The number of halogens is 2. The van der Waals surface area contributed by atoms with Gasteiger partial charge in [0.1, 0.15) is 17.8 Å². The summed E-state index contributed by atoms with van der Waals surface area (Å²) in [6.45, 7) is 0.219. The second-order valence-corrected chi connectivity index (χ2v) is 3.99. The topological polar surface area (TPSA) is 62.5 Å². The lowest BCUT2D eigenvalue weighted by atomic mass is 10.3. The predicted molar refractivity (Wildman–Crippen MR) is 64.4 cm³/mol. The van der Waals surface area contributed by atoms with Crippen molar-refractivity contribution in [3.63, 3.8) is 0 Å². The van der Waals surface area contributed by atoms with Gasteiger partial charge in [-0.25, -0.2) is 9.18 Å². The van der Waals surface area contributed by atoms with Crippen LogP contribution in [0.25, 0.3) is 0 Å². The fourth-order valence-electron chi connectivity index (χ4n) is 1.40. The maximum absolute atomic E-state index is 13.0. The Hall–Kier alpha value is -2.01. The molecule has 0 unspecified atom stereocenters. The number of aromatic carboxylic acids is 1. The highest BCUT2D eigenvalue weighted by atomic mass is 35.5. The van der Waals surface area contributed by atoms with Gasteiger partial charge in [0.25, 0.3) is 0 Å². The van der Waals surface area contributed by atoms with E-state index in [0.717, 1.165) is 6.26 Å². The highest BCUT2D eigenvalue weighted by molar-refractivity contribution is 6.33. The maximum atomic E-state index is 13.0. The summed E-state index contributed by atoms with van der Waals surface area (Å²) in [7, 11) is 0. The van der Waals surface area contributed by atoms with Crippen LogP contribution in [0.2, 0.25) is 5.02 Å². The first-order chi connectivity index (χ1) is 8.56. The van der Waals surface area contributed by atoms with E-state index in [-0.39, 0.29) is 12.1 Å². The Balaban J connectivity index is 2.06. The smallest absolute Gasteiger partial charge is 0.338 e. The molecule has 0 saturated carbocycles. The normalized spacial score (nSPS) is 10.3. The van der Waals surface area contributed by atoms with Crippen LogP contribution in [0.4, 0.5) is 10.1 Å². The van der Waals surface area contributed by atoms with Crippen molar-refractivity contribution in [2.24, 2.45) is 0 Å². The van der Waals surface area contributed by atoms with E-state index in [4.69, 9.17) is 21.1 Å². The van der Waals surface area contributed by atoms with Crippen LogP contribution in [0.1, 0.15) is 16.1 Å². The molecule has 1 aromatic carbocycles. The summed E-state index contributed by atoms with van der Waals surface area (Å²) >= 11 is 5.86. The molecule has 0 fully saturated rings. The molecular formula is C12H9ClFNO3. The largest absolute Gasteiger partial charge is 0.478 e. The number of furan rings is 1. The molecule has 2 rings (SSSR count). The summed E-state index contributed by atoms with van der Waals surface area (Å²) in [6.07, 6.45) is 1.15. The standard InChI is InChI=1S/C12H9ClFNO3/c13-10-2-1-8(14)4-11(10)15-5-9-3-7(6-18-9)12(16)17/h1-4,6,15H,5H2,(H,16,17). The van der Waals surface area contributed by atoms with Gasteiger partial charge in [-0.1, -0.05) is 11.6 Å². The van der Waals surface area contributed by atoms with Gasteiger partial charge in [-0.05, 0) is 24.3 Å². The molecule has 0 saturated heterocycles. The van der Waals surface area contributed by atoms with E-state index in [1.165, 1.54) is 24.3 Å². The first kappa shape index (κ1) is 12.4. The number of carboxylic acid groups (broad SMARTS) is 1. The number of carbonyl (C=O) groups is 1. The van der Waals surface area contributed by atoms with E-state index in [2.05, 4.69) is 5.32 Å². The van der Waals surface area contributed by atoms with E-state index >= 15 is 0 Å². The molecule has 18 heavy (non-hydrogen) atoms. The van der Waals surface area contributed by atoms with Crippen LogP contribution in [0.15, 0.2) is 34.9 Å². The van der Waals surface area contributed by atoms with Gasteiger partial charge >= 0.3 is 5.97 Å². The predicted octanol–water partition coefficient (Wildman–Crippen LogP) is 3.38. The molecule has 2 N–H and O–H groups in total. The molecule has 0 bridgehead atoms. The van der Waals surface area contributed by atoms with E-state index in [9.17, 15) is 9.18 Å². The molecule has 6 heteroatoms. The first-order valence-corrected chi connectivity index (χ1v) is 5.43. The number of carboxylic acids is 1. The molecule has 0 amide bonds. The van der Waals surface area contributed by atoms with Gasteiger partial charge in [-0.2, -0.15) is 0 Å². The third-order valence-electron chi connectivity index (χ3n) is 2.28. The monoisotopic (exact) mass is 269 g/mol. The summed E-state index contributed by atoms with van der Waals surface area (Å²) in [5.74, 6) is -1.05. The lowest BCUT2D eigenvalue weighted by Gasteiger charge is -2.06. The molecule has 0 spiro atoms. The quantitative estimate of drug-likeness (QED) is 0.893. The molecule has 0 atom stereocenters. The minimum Gasteiger partial charge on any atom is -0.478 e. The Morgan fingerprint density at radius 2 is 2.22 bits per heavy atom. The van der Waals surface area contributed by atoms with Crippen molar-refractivity contribution < 1.29 is 18.7 Å². The molecule has 0 radical (unpaired) electrons. The second kappa shape index (κ2) is 5.10. The zero-order chi connectivity index (χ0) is 13.1. The summed E-state index contributed by atoms with van der Waals surface area (Å²) in [5.41, 5.74) is 0.488. The van der Waals surface area contributed by atoms with Crippen LogP contribution in [0, 0.1) is 5.82 Å². The third kappa shape index (κ3) is 2.81. The van der Waals surface area contributed by atoms with Crippen molar-refractivity contribution in [1.29, 1.82) is 0 Å². The van der Waals surface area contributed by atoms with Crippen molar-refractivity contribution in [1.82, 2.24) is 0 Å². The Kier molecular flexibility index (Phi) is 3.53. The molecule has 94 valence electrons. The van der Waals surface area contributed by atoms with Crippen molar-refractivity contribution >= 4 is 23.3 Å². The van der Waals surface area contributed by atoms with E-state index in [0.29, 0.717) is 16.5 Å². The Morgan fingerprint density at radius 3 is 2.89 bits per heavy atom. The number of rotatable bonds is 4. The lowest BCUT2D eigenvalue weighted by molar-refractivity contribution is 0.0696. The van der Waals surface area contributed by atoms with Crippen LogP contribution in [-0.4, -0.2) is 11.1 Å². The molecule has 0 aliphatic carbocycles. The number of anilines is 1. The molecule has 1 aromatic heterocycles. The van der Waals surface area contributed by atoms with Gasteiger partial charge in [0.2, 0.25) is 0 Å². The number of nitrogens with one attached hydrogen (secondary N) is 1. The van der Waals surface area contributed by atoms with Crippen molar-refractivity contribution in [3.05, 3.63) is 52.7 Å². The Labute approximate surface area is 107 Å². The van der Waals surface area contributed by atoms with Gasteiger partial charge in [0, 0.05) is 0 Å². The minimum absolute atomic E-state index is 0.0668. The van der Waals surface area contributed by atoms with Crippen LogP contribution >= 0.6 is 11.6 Å². The highest BCUT2D eigenvalue weighted by Gasteiger charge is 2.08. The number of hydrogen-bond acceptors (Lipinski definition) is 3. The summed E-state index contributed by atoms with van der Waals surface area (Å²) in [5, 5.41) is 12.0. The van der Waals surface area contributed by atoms with E-state index < -0.39 is 11.8 Å². The first-order valence-electron chi connectivity index (χ1n) is 5.06. The fourth-order valence-corrected chi connectivity index (χ4v) is 1.59. The maximum Gasteiger partial charge on any atom is 0.338 e. The summed E-state index contributed by atoms with van der Waals surface area (Å²) in [4.78, 5) is 10.6. The van der Waals surface area contributed by atoms with E-state index in [1.54, 1.807) is 0 Å². The number of benzene rings is 1. The molecule has 0 aliphatic rings. The van der Waals surface area contributed by atoms with Crippen LogP contribution in [-0.2, 0) is 6.54 Å². The van der Waals surface area contributed by atoms with Gasteiger partial charge < -0.3 is 14.8 Å². The average molecular weight is 270 g/mol. The SMILES string of the molecule is O=C(O)c1coc(CNc2cc(F)ccc2Cl)c1. The van der Waals surface area contributed by atoms with Gasteiger partial charge in [0.15, 0.2) is 0 Å². The fraction of sp³-hybridized carbons (Fsp3) is 0.0833. The number of hydrogen-bond donors (Lipinski definition) is 2. The third-order valence-corrected chi connectivity index (χ3v) is 2.61. The van der Waals surface area contributed by atoms with Crippen LogP contribution in [0.3, 0.4) is 0 Å². The van der Waals surface area contributed by atoms with Crippen molar-refractivity contribution in [2.45, 2.75) is 6.54 Å². The van der Waals surface area contributed by atoms with Gasteiger partial charge in [0.05, 0.1) is 22.8 Å². The lowest BCUT2D eigenvalue weighted by Crippen LogP contribution is -1.99. The second-order valence-electron chi connectivity index (χ2n) is 3.58. The Bertz CT molecular complexity index is 582. The van der Waals surface area contributed by atoms with Crippen molar-refractivity contribution in [3.8, 4) is 0 Å². The Morgan fingerprint density at radius 1 is 1.44 bits per heavy atom. The van der Waals surface area contributed by atoms with Crippen LogP contribution < -0.4 is 5.32 Å².